The summed E-state index contributed by atoms with van der Waals surface area (Å²) in [5.74, 6) is 0. The van der Waals surface area contributed by atoms with Gasteiger partial charge in [-0.05, 0) is 48.3 Å². The highest BCUT2D eigenvalue weighted by molar-refractivity contribution is 7.94. The number of rotatable bonds is 3. The van der Waals surface area contributed by atoms with Crippen molar-refractivity contribution < 1.29 is 13.2 Å². The van der Waals surface area contributed by atoms with Crippen molar-refractivity contribution in [2.24, 2.45) is 0 Å². The van der Waals surface area contributed by atoms with Crippen LogP contribution in [0.3, 0.4) is 0 Å². The third-order valence-electron chi connectivity index (χ3n) is 3.25. The lowest BCUT2D eigenvalue weighted by molar-refractivity contribution is 0.217. The van der Waals surface area contributed by atoms with E-state index in [-0.39, 0.29) is 20.5 Å². The molecule has 0 radical (unpaired) electrons. The van der Waals surface area contributed by atoms with Crippen molar-refractivity contribution in [3.8, 4) is 0 Å². The van der Waals surface area contributed by atoms with Crippen LogP contribution in [0.5, 0.6) is 0 Å². The number of benzene rings is 1. The monoisotopic (exact) mass is 388 g/mol. The Morgan fingerprint density at radius 3 is 2.96 bits per heavy atom. The molecule has 0 fully saturated rings. The molecule has 0 saturated heterocycles. The number of ether oxygens (including phenoxy) is 1. The van der Waals surface area contributed by atoms with E-state index in [0.29, 0.717) is 12.1 Å². The molecule has 1 aromatic heterocycles. The summed E-state index contributed by atoms with van der Waals surface area (Å²) in [5, 5.41) is 5.23. The summed E-state index contributed by atoms with van der Waals surface area (Å²) in [7, 11) is -3.65. The molecule has 23 heavy (non-hydrogen) atoms. The molecule has 9 heteroatoms. The fourth-order valence-corrected chi connectivity index (χ4v) is 4.87. The number of anilines is 2. The molecule has 1 aromatic carbocycles. The van der Waals surface area contributed by atoms with Crippen molar-refractivity contribution in [1.82, 2.24) is 0 Å². The van der Waals surface area contributed by atoms with Gasteiger partial charge in [0.25, 0.3) is 15.2 Å². The average Bonchev–Trinajstić information content (AvgIpc) is 2.94. The van der Waals surface area contributed by atoms with Crippen molar-refractivity contribution in [2.45, 2.75) is 23.7 Å². The molecule has 5 nitrogen and oxygen atoms in total. The highest BCUT2D eigenvalue weighted by Crippen LogP contribution is 2.33. The number of thiocarbonyl (C=S) groups is 1. The molecule has 0 spiro atoms. The smallest absolute Gasteiger partial charge is 0.271 e. The Morgan fingerprint density at radius 2 is 2.26 bits per heavy atom. The highest BCUT2D eigenvalue weighted by atomic mass is 35.5. The Hall–Kier alpha value is -1.35. The van der Waals surface area contributed by atoms with E-state index in [2.05, 4.69) is 10.0 Å². The second-order valence-electron chi connectivity index (χ2n) is 5.07. The van der Waals surface area contributed by atoms with Gasteiger partial charge in [0.1, 0.15) is 10.3 Å². The number of nitrogens with one attached hydrogen (secondary N) is 2. The van der Waals surface area contributed by atoms with Gasteiger partial charge in [-0.25, -0.2) is 8.42 Å². The Balaban J connectivity index is 1.97. The van der Waals surface area contributed by atoms with Crippen LogP contribution < -0.4 is 10.0 Å². The maximum Gasteiger partial charge on any atom is 0.271 e. The predicted octanol–water partition coefficient (Wildman–Crippen LogP) is 3.86. The molecule has 3 rings (SSSR count). The zero-order valence-corrected chi connectivity index (χ0v) is 15.2. The van der Waals surface area contributed by atoms with E-state index in [1.165, 1.54) is 0 Å². The maximum absolute atomic E-state index is 12.3. The van der Waals surface area contributed by atoms with Crippen molar-refractivity contribution in [3.63, 3.8) is 0 Å². The van der Waals surface area contributed by atoms with Crippen molar-refractivity contribution in [3.05, 3.63) is 40.2 Å². The van der Waals surface area contributed by atoms with Crippen LogP contribution in [0.25, 0.3) is 0 Å². The van der Waals surface area contributed by atoms with Crippen LogP contribution in [0.2, 0.25) is 5.02 Å². The molecule has 1 unspecified atom stereocenters. The second-order valence-corrected chi connectivity index (χ2v) is 8.71. The summed E-state index contributed by atoms with van der Waals surface area (Å²) >= 11 is 12.4. The zero-order chi connectivity index (χ0) is 16.6. The van der Waals surface area contributed by atoms with Gasteiger partial charge in [-0.3, -0.25) is 4.72 Å². The van der Waals surface area contributed by atoms with E-state index in [9.17, 15) is 8.42 Å². The summed E-state index contributed by atoms with van der Waals surface area (Å²) in [6.45, 7) is 1.90. The van der Waals surface area contributed by atoms with E-state index in [1.54, 1.807) is 29.6 Å². The SMILES string of the molecule is CC1Cc2cc(NS(=O)(=O)c3cccs3)c(Cl)cc2NC(=S)O1. The molecule has 1 aliphatic heterocycles. The second kappa shape index (κ2) is 6.27. The van der Waals surface area contributed by atoms with Gasteiger partial charge in [0.15, 0.2) is 0 Å². The number of thiophene rings is 1. The predicted molar refractivity (Wildman–Crippen MR) is 97.1 cm³/mol. The van der Waals surface area contributed by atoms with Crippen LogP contribution in [0.4, 0.5) is 11.4 Å². The average molecular weight is 389 g/mol. The van der Waals surface area contributed by atoms with Crippen LogP contribution in [0.15, 0.2) is 33.9 Å². The summed E-state index contributed by atoms with van der Waals surface area (Å²) in [6, 6.07) is 6.59. The number of sulfonamides is 1. The van der Waals surface area contributed by atoms with Gasteiger partial charge in [0, 0.05) is 12.1 Å². The largest absolute Gasteiger partial charge is 0.467 e. The van der Waals surface area contributed by atoms with Gasteiger partial charge in [-0.2, -0.15) is 0 Å². The lowest BCUT2D eigenvalue weighted by Crippen LogP contribution is -2.16. The van der Waals surface area contributed by atoms with Crippen LogP contribution in [-0.4, -0.2) is 19.7 Å². The minimum atomic E-state index is -3.65. The van der Waals surface area contributed by atoms with Gasteiger partial charge < -0.3 is 10.1 Å². The third kappa shape index (κ3) is 3.60. The van der Waals surface area contributed by atoms with E-state index < -0.39 is 10.0 Å². The van der Waals surface area contributed by atoms with Gasteiger partial charge in [0.2, 0.25) is 0 Å². The van der Waals surface area contributed by atoms with Crippen LogP contribution in [0.1, 0.15) is 12.5 Å². The Bertz CT molecular complexity index is 850. The fourth-order valence-electron chi connectivity index (χ4n) is 2.27. The van der Waals surface area contributed by atoms with Gasteiger partial charge >= 0.3 is 0 Å². The number of halogens is 1. The van der Waals surface area contributed by atoms with E-state index in [0.717, 1.165) is 22.6 Å². The quantitative estimate of drug-likeness (QED) is 0.781. The molecule has 0 aliphatic carbocycles. The molecule has 1 aliphatic rings. The minimum absolute atomic E-state index is 0.112. The normalized spacial score (nSPS) is 17.7. The number of fused-ring (bicyclic) bond motifs is 1. The molecule has 2 aromatic rings. The van der Waals surface area contributed by atoms with Gasteiger partial charge in [-0.15, -0.1) is 11.3 Å². The third-order valence-corrected chi connectivity index (χ3v) is 6.52. The molecule has 0 bridgehead atoms. The number of hydrogen-bond acceptors (Lipinski definition) is 5. The molecule has 0 saturated carbocycles. The molecule has 0 amide bonds. The van der Waals surface area contributed by atoms with Crippen LogP contribution in [0, 0.1) is 0 Å². The molecule has 122 valence electrons. The summed E-state index contributed by atoms with van der Waals surface area (Å²) in [4.78, 5) is 0. The topological polar surface area (TPSA) is 67.4 Å². The molecule has 2 heterocycles. The fraction of sp³-hybridized carbons (Fsp3) is 0.214. The summed E-state index contributed by atoms with van der Waals surface area (Å²) in [6.07, 6.45) is 0.479. The summed E-state index contributed by atoms with van der Waals surface area (Å²) < 4.78 is 32.9. The maximum atomic E-state index is 12.3. The first-order chi connectivity index (χ1) is 10.8. The first-order valence-corrected chi connectivity index (χ1v) is 9.86. The minimum Gasteiger partial charge on any atom is -0.467 e. The number of hydrogen-bond donors (Lipinski definition) is 2. The summed E-state index contributed by atoms with van der Waals surface area (Å²) in [5.41, 5.74) is 1.94. The lowest BCUT2D eigenvalue weighted by atomic mass is 10.1. The first-order valence-electron chi connectivity index (χ1n) is 6.71. The molecule has 2 N–H and O–H groups in total. The Kier molecular flexibility index (Phi) is 4.50. The molecular weight excluding hydrogens is 376 g/mol. The van der Waals surface area contributed by atoms with E-state index >= 15 is 0 Å². The van der Waals surface area contributed by atoms with E-state index in [1.807, 2.05) is 6.92 Å². The molecule has 1 atom stereocenters. The Labute approximate surface area is 148 Å². The first kappa shape index (κ1) is 16.5. The van der Waals surface area contributed by atoms with Gasteiger partial charge in [-0.1, -0.05) is 17.7 Å². The van der Waals surface area contributed by atoms with Crippen molar-refractivity contribution >= 4 is 61.7 Å². The molecular formula is C14H13ClN2O3S3. The van der Waals surface area contributed by atoms with Gasteiger partial charge in [0.05, 0.1) is 10.7 Å². The van der Waals surface area contributed by atoms with Crippen molar-refractivity contribution in [1.29, 1.82) is 0 Å². The standard InChI is InChI=1S/C14H13ClN2O3S3/c1-8-5-9-6-12(10(15)7-11(9)16-14(21)20-8)17-23(18,19)13-3-2-4-22-13/h2-4,6-8,17H,5H2,1H3,(H,16,21). The van der Waals surface area contributed by atoms with Crippen molar-refractivity contribution in [2.75, 3.05) is 10.0 Å². The Morgan fingerprint density at radius 1 is 1.48 bits per heavy atom. The van der Waals surface area contributed by atoms with Crippen LogP contribution in [-0.2, 0) is 21.2 Å². The van der Waals surface area contributed by atoms with E-state index in [4.69, 9.17) is 28.6 Å². The zero-order valence-electron chi connectivity index (χ0n) is 12.0. The highest BCUT2D eigenvalue weighted by Gasteiger charge is 2.21. The lowest BCUT2D eigenvalue weighted by Gasteiger charge is -2.13. The van der Waals surface area contributed by atoms with Crippen LogP contribution >= 0.6 is 35.2 Å².